The van der Waals surface area contributed by atoms with Gasteiger partial charge in [-0.25, -0.2) is 4.79 Å². The Hall–Kier alpha value is -2.69. The molecule has 0 saturated carbocycles. The molecule has 0 aliphatic heterocycles. The average molecular weight is 272 g/mol. The number of aromatic hydroxyl groups is 2. The molecular formula is C15H16N2O3. The number of benzene rings is 2. The van der Waals surface area contributed by atoms with E-state index in [1.54, 1.807) is 0 Å². The predicted molar refractivity (Wildman–Crippen MR) is 78.3 cm³/mol. The maximum atomic E-state index is 11.9. The molecule has 5 nitrogen and oxygen atoms in total. The van der Waals surface area contributed by atoms with E-state index in [0.29, 0.717) is 11.4 Å². The minimum absolute atomic E-state index is 0.119. The lowest BCUT2D eigenvalue weighted by atomic mass is 10.1. The van der Waals surface area contributed by atoms with E-state index >= 15 is 0 Å². The van der Waals surface area contributed by atoms with E-state index in [2.05, 4.69) is 10.6 Å². The molecule has 0 aliphatic carbocycles. The summed E-state index contributed by atoms with van der Waals surface area (Å²) < 4.78 is 0. The summed E-state index contributed by atoms with van der Waals surface area (Å²) in [5.74, 6) is -0.237. The number of phenolic OH excluding ortho intramolecular Hbond substituents is 2. The molecule has 0 radical (unpaired) electrons. The van der Waals surface area contributed by atoms with Gasteiger partial charge in [0.25, 0.3) is 0 Å². The van der Waals surface area contributed by atoms with Crippen LogP contribution < -0.4 is 10.6 Å². The third-order valence-electron chi connectivity index (χ3n) is 2.79. The molecule has 0 aromatic heterocycles. The summed E-state index contributed by atoms with van der Waals surface area (Å²) in [5.41, 5.74) is 3.09. The second kappa shape index (κ2) is 5.52. The van der Waals surface area contributed by atoms with Crippen LogP contribution in [-0.4, -0.2) is 16.2 Å². The summed E-state index contributed by atoms with van der Waals surface area (Å²) in [4.78, 5) is 11.9. The van der Waals surface area contributed by atoms with Crippen LogP contribution in [-0.2, 0) is 0 Å². The van der Waals surface area contributed by atoms with E-state index < -0.39 is 6.03 Å². The average Bonchev–Trinajstić information content (AvgIpc) is 2.31. The highest BCUT2D eigenvalue weighted by Gasteiger charge is 2.06. The van der Waals surface area contributed by atoms with Gasteiger partial charge in [-0.15, -0.1) is 0 Å². The molecule has 0 heterocycles. The lowest BCUT2D eigenvalue weighted by Crippen LogP contribution is -2.19. The van der Waals surface area contributed by atoms with Gasteiger partial charge in [0, 0.05) is 29.6 Å². The molecular weight excluding hydrogens is 256 g/mol. The highest BCUT2D eigenvalue weighted by molar-refractivity contribution is 6.00. The number of amides is 2. The lowest BCUT2D eigenvalue weighted by molar-refractivity contribution is 0.262. The Morgan fingerprint density at radius 3 is 2.20 bits per heavy atom. The van der Waals surface area contributed by atoms with Crippen LogP contribution in [0.1, 0.15) is 11.1 Å². The van der Waals surface area contributed by atoms with Gasteiger partial charge in [0.1, 0.15) is 11.5 Å². The molecule has 2 amide bonds. The zero-order valence-corrected chi connectivity index (χ0v) is 11.3. The molecule has 0 saturated heterocycles. The summed E-state index contributed by atoms with van der Waals surface area (Å²) in [6.45, 7) is 3.88. The number of rotatable bonds is 2. The molecule has 2 rings (SSSR count). The van der Waals surface area contributed by atoms with Gasteiger partial charge < -0.3 is 20.8 Å². The minimum Gasteiger partial charge on any atom is -0.508 e. The predicted octanol–water partition coefficient (Wildman–Crippen LogP) is 3.36. The van der Waals surface area contributed by atoms with Crippen molar-refractivity contribution >= 4 is 17.4 Å². The van der Waals surface area contributed by atoms with Crippen LogP contribution in [0.15, 0.2) is 36.4 Å². The molecule has 0 fully saturated rings. The topological polar surface area (TPSA) is 81.6 Å². The molecule has 5 heteroatoms. The molecule has 2 aromatic rings. The smallest absolute Gasteiger partial charge is 0.323 e. The molecule has 0 aliphatic rings. The molecule has 2 aromatic carbocycles. The number of aryl methyl sites for hydroxylation is 2. The Morgan fingerprint density at radius 2 is 1.60 bits per heavy atom. The molecule has 20 heavy (non-hydrogen) atoms. The van der Waals surface area contributed by atoms with Gasteiger partial charge in [0.15, 0.2) is 0 Å². The van der Waals surface area contributed by atoms with E-state index in [0.717, 1.165) is 11.1 Å². The van der Waals surface area contributed by atoms with Crippen LogP contribution in [0.5, 0.6) is 11.5 Å². The van der Waals surface area contributed by atoms with Crippen LogP contribution in [0, 0.1) is 13.8 Å². The van der Waals surface area contributed by atoms with Gasteiger partial charge in [0.05, 0.1) is 0 Å². The van der Waals surface area contributed by atoms with Crippen LogP contribution in [0.25, 0.3) is 0 Å². The van der Waals surface area contributed by atoms with Crippen molar-refractivity contribution in [3.63, 3.8) is 0 Å². The molecule has 0 spiro atoms. The lowest BCUT2D eigenvalue weighted by Gasteiger charge is -2.11. The first-order chi connectivity index (χ1) is 9.44. The first-order valence-corrected chi connectivity index (χ1v) is 6.12. The number of nitrogens with one attached hydrogen (secondary N) is 2. The van der Waals surface area contributed by atoms with E-state index in [9.17, 15) is 15.0 Å². The normalized spacial score (nSPS) is 10.1. The summed E-state index contributed by atoms with van der Waals surface area (Å²) >= 11 is 0. The van der Waals surface area contributed by atoms with Crippen molar-refractivity contribution in [2.75, 3.05) is 10.6 Å². The fraction of sp³-hybridized carbons (Fsp3) is 0.133. The fourth-order valence-corrected chi connectivity index (χ4v) is 1.91. The summed E-state index contributed by atoms with van der Waals surface area (Å²) in [5, 5.41) is 23.9. The van der Waals surface area contributed by atoms with Crippen molar-refractivity contribution < 1.29 is 15.0 Å². The highest BCUT2D eigenvalue weighted by atomic mass is 16.3. The van der Waals surface area contributed by atoms with E-state index in [-0.39, 0.29) is 11.5 Å². The summed E-state index contributed by atoms with van der Waals surface area (Å²) in [6, 6.07) is 9.14. The number of anilines is 2. The van der Waals surface area contributed by atoms with E-state index in [4.69, 9.17) is 0 Å². The number of urea groups is 1. The number of hydrogen-bond acceptors (Lipinski definition) is 3. The molecule has 0 unspecified atom stereocenters. The Morgan fingerprint density at radius 1 is 0.950 bits per heavy atom. The van der Waals surface area contributed by atoms with E-state index in [1.165, 1.54) is 18.2 Å². The van der Waals surface area contributed by atoms with Crippen molar-refractivity contribution in [1.29, 1.82) is 0 Å². The number of hydrogen-bond donors (Lipinski definition) is 4. The molecule has 0 bridgehead atoms. The summed E-state index contributed by atoms with van der Waals surface area (Å²) in [7, 11) is 0. The Bertz CT molecular complexity index is 633. The minimum atomic E-state index is -0.443. The molecule has 0 atom stereocenters. The monoisotopic (exact) mass is 272 g/mol. The van der Waals surface area contributed by atoms with Crippen molar-refractivity contribution in [3.8, 4) is 11.5 Å². The first-order valence-electron chi connectivity index (χ1n) is 6.12. The van der Waals surface area contributed by atoms with Gasteiger partial charge >= 0.3 is 6.03 Å². The number of phenols is 2. The van der Waals surface area contributed by atoms with E-state index in [1.807, 2.05) is 32.0 Å². The van der Waals surface area contributed by atoms with Crippen molar-refractivity contribution in [2.24, 2.45) is 0 Å². The summed E-state index contributed by atoms with van der Waals surface area (Å²) in [6.07, 6.45) is 0. The SMILES string of the molecule is Cc1ccc(NC(=O)Nc2cc(O)cc(O)c2)c(C)c1. The zero-order chi connectivity index (χ0) is 14.7. The highest BCUT2D eigenvalue weighted by Crippen LogP contribution is 2.24. The quantitative estimate of drug-likeness (QED) is 0.676. The van der Waals surface area contributed by atoms with Crippen LogP contribution >= 0.6 is 0 Å². The van der Waals surface area contributed by atoms with Gasteiger partial charge in [-0.3, -0.25) is 0 Å². The van der Waals surface area contributed by atoms with Crippen molar-refractivity contribution in [1.82, 2.24) is 0 Å². The second-order valence-corrected chi connectivity index (χ2v) is 4.64. The zero-order valence-electron chi connectivity index (χ0n) is 11.3. The Kier molecular flexibility index (Phi) is 3.79. The Balaban J connectivity index is 2.09. The maximum absolute atomic E-state index is 11.9. The van der Waals surface area contributed by atoms with Gasteiger partial charge in [0.2, 0.25) is 0 Å². The van der Waals surface area contributed by atoms with Gasteiger partial charge in [-0.2, -0.15) is 0 Å². The van der Waals surface area contributed by atoms with Crippen LogP contribution in [0.4, 0.5) is 16.2 Å². The number of carbonyl (C=O) groups excluding carboxylic acids is 1. The number of carbonyl (C=O) groups is 1. The van der Waals surface area contributed by atoms with Crippen LogP contribution in [0.3, 0.4) is 0 Å². The third-order valence-corrected chi connectivity index (χ3v) is 2.79. The maximum Gasteiger partial charge on any atom is 0.323 e. The van der Waals surface area contributed by atoms with Gasteiger partial charge in [-0.05, 0) is 25.5 Å². The van der Waals surface area contributed by atoms with Gasteiger partial charge in [-0.1, -0.05) is 17.7 Å². The standard InChI is InChI=1S/C15H16N2O3/c1-9-3-4-14(10(2)5-9)17-15(20)16-11-6-12(18)8-13(19)7-11/h3-8,18-19H,1-2H3,(H2,16,17,20). The van der Waals surface area contributed by atoms with Crippen LogP contribution in [0.2, 0.25) is 0 Å². The third kappa shape index (κ3) is 3.41. The molecule has 104 valence electrons. The second-order valence-electron chi connectivity index (χ2n) is 4.64. The van der Waals surface area contributed by atoms with Crippen molar-refractivity contribution in [2.45, 2.75) is 13.8 Å². The van der Waals surface area contributed by atoms with Crippen molar-refractivity contribution in [3.05, 3.63) is 47.5 Å². The fourth-order valence-electron chi connectivity index (χ4n) is 1.91. The Labute approximate surface area is 116 Å². The first kappa shape index (κ1) is 13.7. The molecule has 4 N–H and O–H groups in total. The largest absolute Gasteiger partial charge is 0.508 e.